The molecule has 24 heavy (non-hydrogen) atoms. The van der Waals surface area contributed by atoms with Crippen molar-refractivity contribution in [3.8, 4) is 5.75 Å². The first-order valence-electron chi connectivity index (χ1n) is 7.55. The number of nitrogens with one attached hydrogen (secondary N) is 1. The van der Waals surface area contributed by atoms with Crippen molar-refractivity contribution in [2.75, 3.05) is 6.54 Å². The van der Waals surface area contributed by atoms with E-state index in [0.29, 0.717) is 12.1 Å². The summed E-state index contributed by atoms with van der Waals surface area (Å²) in [7, 11) is 0. The predicted octanol–water partition coefficient (Wildman–Crippen LogP) is 2.17. The summed E-state index contributed by atoms with van der Waals surface area (Å²) in [5, 5.41) is 23.1. The SMILES string of the molecule is CC(Cc1ccccc1)NCC(O)c1ccc(O)c(C(N)=O)c1.Cl. The number of benzene rings is 2. The van der Waals surface area contributed by atoms with Crippen molar-refractivity contribution in [2.24, 2.45) is 5.73 Å². The van der Waals surface area contributed by atoms with Crippen LogP contribution in [-0.4, -0.2) is 28.7 Å². The quantitative estimate of drug-likeness (QED) is 0.615. The molecule has 0 saturated carbocycles. The average Bonchev–Trinajstić information content (AvgIpc) is 2.53. The summed E-state index contributed by atoms with van der Waals surface area (Å²) in [4.78, 5) is 11.2. The molecule has 0 heterocycles. The molecule has 5 nitrogen and oxygen atoms in total. The van der Waals surface area contributed by atoms with Gasteiger partial charge in [-0.3, -0.25) is 4.79 Å². The van der Waals surface area contributed by atoms with Crippen LogP contribution in [0.25, 0.3) is 0 Å². The summed E-state index contributed by atoms with van der Waals surface area (Å²) in [6, 6.07) is 14.7. The second-order valence-electron chi connectivity index (χ2n) is 5.66. The van der Waals surface area contributed by atoms with Crippen molar-refractivity contribution in [3.05, 3.63) is 65.2 Å². The van der Waals surface area contributed by atoms with Crippen LogP contribution in [0.5, 0.6) is 5.75 Å². The van der Waals surface area contributed by atoms with Crippen LogP contribution in [0, 0.1) is 0 Å². The largest absolute Gasteiger partial charge is 0.507 e. The number of aromatic hydroxyl groups is 1. The van der Waals surface area contributed by atoms with E-state index in [1.807, 2.05) is 25.1 Å². The summed E-state index contributed by atoms with van der Waals surface area (Å²) in [6.45, 7) is 2.39. The van der Waals surface area contributed by atoms with Crippen molar-refractivity contribution in [3.63, 3.8) is 0 Å². The van der Waals surface area contributed by atoms with Gasteiger partial charge in [-0.05, 0) is 36.6 Å². The smallest absolute Gasteiger partial charge is 0.252 e. The van der Waals surface area contributed by atoms with Gasteiger partial charge < -0.3 is 21.3 Å². The number of primary amides is 1. The molecule has 2 atom stereocenters. The number of hydrogen-bond acceptors (Lipinski definition) is 4. The van der Waals surface area contributed by atoms with Crippen LogP contribution in [0.1, 0.15) is 34.5 Å². The normalized spacial score (nSPS) is 12.9. The lowest BCUT2D eigenvalue weighted by molar-refractivity contribution is 0.0997. The minimum atomic E-state index is -0.785. The predicted molar refractivity (Wildman–Crippen MR) is 96.4 cm³/mol. The number of carbonyl (C=O) groups excluding carboxylic acids is 1. The topological polar surface area (TPSA) is 95.6 Å². The minimum absolute atomic E-state index is 0. The van der Waals surface area contributed by atoms with Crippen LogP contribution in [-0.2, 0) is 6.42 Å². The Hall–Kier alpha value is -2.08. The van der Waals surface area contributed by atoms with Gasteiger partial charge in [-0.1, -0.05) is 36.4 Å². The molecule has 0 fully saturated rings. The number of rotatable bonds is 7. The zero-order valence-electron chi connectivity index (χ0n) is 13.5. The van der Waals surface area contributed by atoms with Crippen LogP contribution in [0.3, 0.4) is 0 Å². The first-order valence-corrected chi connectivity index (χ1v) is 7.55. The van der Waals surface area contributed by atoms with E-state index in [1.165, 1.54) is 17.7 Å². The van der Waals surface area contributed by atoms with Crippen LogP contribution in [0.15, 0.2) is 48.5 Å². The molecule has 0 spiro atoms. The fourth-order valence-corrected chi connectivity index (χ4v) is 2.43. The summed E-state index contributed by atoms with van der Waals surface area (Å²) >= 11 is 0. The molecule has 2 rings (SSSR count). The summed E-state index contributed by atoms with van der Waals surface area (Å²) < 4.78 is 0. The standard InChI is InChI=1S/C18H22N2O3.ClH/c1-12(9-13-5-3-2-4-6-13)20-11-17(22)14-7-8-16(21)15(10-14)18(19)23;/h2-8,10,12,17,20-22H,9,11H2,1H3,(H2,19,23);1H. The summed E-state index contributed by atoms with van der Waals surface area (Å²) in [5.41, 5.74) is 6.97. The van der Waals surface area contributed by atoms with E-state index in [4.69, 9.17) is 5.73 Å². The van der Waals surface area contributed by atoms with Crippen LogP contribution in [0.4, 0.5) is 0 Å². The molecule has 130 valence electrons. The van der Waals surface area contributed by atoms with E-state index in [9.17, 15) is 15.0 Å². The second kappa shape index (κ2) is 9.27. The zero-order valence-corrected chi connectivity index (χ0v) is 14.3. The van der Waals surface area contributed by atoms with E-state index in [1.54, 1.807) is 6.07 Å². The molecule has 0 aliphatic carbocycles. The first kappa shape index (κ1) is 20.0. The number of halogens is 1. The summed E-state index contributed by atoms with van der Waals surface area (Å²) in [6.07, 6.45) is 0.0716. The number of aliphatic hydroxyl groups is 1. The van der Waals surface area contributed by atoms with Gasteiger partial charge in [0.25, 0.3) is 5.91 Å². The number of aliphatic hydroxyl groups excluding tert-OH is 1. The molecule has 0 aliphatic heterocycles. The van der Waals surface area contributed by atoms with Crippen molar-refractivity contribution in [1.29, 1.82) is 0 Å². The van der Waals surface area contributed by atoms with Crippen molar-refractivity contribution >= 4 is 18.3 Å². The molecule has 1 amide bonds. The Morgan fingerprint density at radius 1 is 1.21 bits per heavy atom. The molecule has 2 aromatic carbocycles. The molecule has 0 aliphatic rings. The van der Waals surface area contributed by atoms with Crippen LogP contribution >= 0.6 is 12.4 Å². The fraction of sp³-hybridized carbons (Fsp3) is 0.278. The molecule has 0 bridgehead atoms. The molecule has 0 radical (unpaired) electrons. The van der Waals surface area contributed by atoms with Crippen LogP contribution in [0.2, 0.25) is 0 Å². The van der Waals surface area contributed by atoms with Gasteiger partial charge in [-0.15, -0.1) is 12.4 Å². The van der Waals surface area contributed by atoms with Gasteiger partial charge in [-0.25, -0.2) is 0 Å². The lowest BCUT2D eigenvalue weighted by atomic mass is 10.0. The number of phenols is 1. The van der Waals surface area contributed by atoms with Crippen molar-refractivity contribution in [1.82, 2.24) is 5.32 Å². The number of nitrogens with two attached hydrogens (primary N) is 1. The Labute approximate surface area is 147 Å². The Balaban J connectivity index is 0.00000288. The molecule has 2 unspecified atom stereocenters. The van der Waals surface area contributed by atoms with E-state index in [2.05, 4.69) is 17.4 Å². The van der Waals surface area contributed by atoms with Gasteiger partial charge in [0.2, 0.25) is 0 Å². The molecule has 0 aromatic heterocycles. The first-order chi connectivity index (χ1) is 11.0. The highest BCUT2D eigenvalue weighted by atomic mass is 35.5. The monoisotopic (exact) mass is 350 g/mol. The van der Waals surface area contributed by atoms with Crippen molar-refractivity contribution < 1.29 is 15.0 Å². The third-order valence-electron chi connectivity index (χ3n) is 3.72. The van der Waals surface area contributed by atoms with Gasteiger partial charge in [0.05, 0.1) is 11.7 Å². The maximum Gasteiger partial charge on any atom is 0.252 e. The molecule has 0 saturated heterocycles. The third-order valence-corrected chi connectivity index (χ3v) is 3.72. The highest BCUT2D eigenvalue weighted by molar-refractivity contribution is 5.95. The zero-order chi connectivity index (χ0) is 16.8. The molecule has 2 aromatic rings. The van der Waals surface area contributed by atoms with E-state index < -0.39 is 12.0 Å². The Morgan fingerprint density at radius 3 is 2.50 bits per heavy atom. The molecular formula is C18H23ClN2O3. The van der Waals surface area contributed by atoms with Crippen LogP contribution < -0.4 is 11.1 Å². The number of carbonyl (C=O) groups is 1. The third kappa shape index (κ3) is 5.53. The van der Waals surface area contributed by atoms with E-state index >= 15 is 0 Å². The van der Waals surface area contributed by atoms with Gasteiger partial charge in [0, 0.05) is 12.6 Å². The number of hydrogen-bond donors (Lipinski definition) is 4. The van der Waals surface area contributed by atoms with Crippen molar-refractivity contribution in [2.45, 2.75) is 25.5 Å². The van der Waals surface area contributed by atoms with Gasteiger partial charge in [0.15, 0.2) is 0 Å². The van der Waals surface area contributed by atoms with E-state index in [-0.39, 0.29) is 29.8 Å². The average molecular weight is 351 g/mol. The molecule has 6 heteroatoms. The Kier molecular flexibility index (Phi) is 7.71. The lowest BCUT2D eigenvalue weighted by Crippen LogP contribution is -2.32. The highest BCUT2D eigenvalue weighted by Gasteiger charge is 2.14. The highest BCUT2D eigenvalue weighted by Crippen LogP contribution is 2.22. The molecule has 5 N–H and O–H groups in total. The fourth-order valence-electron chi connectivity index (χ4n) is 2.43. The van der Waals surface area contributed by atoms with E-state index in [0.717, 1.165) is 6.42 Å². The van der Waals surface area contributed by atoms with Gasteiger partial charge in [0.1, 0.15) is 5.75 Å². The molecular weight excluding hydrogens is 328 g/mol. The lowest BCUT2D eigenvalue weighted by Gasteiger charge is -2.18. The maximum absolute atomic E-state index is 11.2. The Morgan fingerprint density at radius 2 is 1.88 bits per heavy atom. The minimum Gasteiger partial charge on any atom is -0.507 e. The number of amides is 1. The second-order valence-corrected chi connectivity index (χ2v) is 5.66. The maximum atomic E-state index is 11.2. The Bertz CT molecular complexity index is 665. The van der Waals surface area contributed by atoms with Gasteiger partial charge >= 0.3 is 0 Å². The summed E-state index contributed by atoms with van der Waals surface area (Å²) in [5.74, 6) is -0.902. The van der Waals surface area contributed by atoms with Gasteiger partial charge in [-0.2, -0.15) is 0 Å².